The Bertz CT molecular complexity index is 674. The summed E-state index contributed by atoms with van der Waals surface area (Å²) in [5.74, 6) is 1.89. The number of aryl methyl sites for hydroxylation is 2. The molecule has 0 radical (unpaired) electrons. The number of methoxy groups -OCH3 is 1. The number of rotatable bonds is 4. The molecule has 5 heteroatoms. The van der Waals surface area contributed by atoms with Gasteiger partial charge in [-0.15, -0.1) is 0 Å². The molecule has 21 heavy (non-hydrogen) atoms. The van der Waals surface area contributed by atoms with Gasteiger partial charge in [0, 0.05) is 12.1 Å². The van der Waals surface area contributed by atoms with Crippen LogP contribution in [0.4, 0.5) is 5.69 Å². The topological polar surface area (TPSA) is 77.5 Å². The average Bonchev–Trinajstić information content (AvgIpc) is 2.70. The number of amides is 1. The van der Waals surface area contributed by atoms with E-state index in [0.29, 0.717) is 29.3 Å². The molecule has 0 fully saturated rings. The van der Waals surface area contributed by atoms with Crippen LogP contribution >= 0.6 is 0 Å². The van der Waals surface area contributed by atoms with E-state index in [1.165, 1.54) is 0 Å². The van der Waals surface area contributed by atoms with Crippen molar-refractivity contribution < 1.29 is 13.9 Å². The Hall–Kier alpha value is -2.43. The van der Waals surface area contributed by atoms with Gasteiger partial charge in [-0.05, 0) is 38.5 Å². The number of ether oxygens (including phenoxy) is 1. The minimum absolute atomic E-state index is 0.142. The molecule has 0 saturated carbocycles. The maximum atomic E-state index is 12.3. The van der Waals surface area contributed by atoms with Crippen molar-refractivity contribution in [1.29, 1.82) is 0 Å². The predicted molar refractivity (Wildman–Crippen MR) is 81.5 cm³/mol. The Morgan fingerprint density at radius 1 is 1.29 bits per heavy atom. The maximum Gasteiger partial charge on any atom is 0.255 e. The van der Waals surface area contributed by atoms with Crippen LogP contribution in [0.15, 0.2) is 22.6 Å². The van der Waals surface area contributed by atoms with E-state index in [-0.39, 0.29) is 5.91 Å². The summed E-state index contributed by atoms with van der Waals surface area (Å²) >= 11 is 0. The van der Waals surface area contributed by atoms with Crippen LogP contribution in [0.1, 0.15) is 33.0 Å². The summed E-state index contributed by atoms with van der Waals surface area (Å²) in [6.45, 7) is 5.92. The van der Waals surface area contributed by atoms with Crippen molar-refractivity contribution in [3.8, 4) is 5.75 Å². The lowest BCUT2D eigenvalue weighted by Gasteiger charge is -2.09. The SMILES string of the molecule is COc1ccc(CNC(=O)c2c(C)oc(C)c2C)cc1N. The Kier molecular flexibility index (Phi) is 4.21. The largest absolute Gasteiger partial charge is 0.495 e. The Morgan fingerprint density at radius 2 is 2.00 bits per heavy atom. The number of nitrogens with one attached hydrogen (secondary N) is 1. The first-order valence-corrected chi connectivity index (χ1v) is 6.71. The first-order valence-electron chi connectivity index (χ1n) is 6.71. The van der Waals surface area contributed by atoms with Crippen molar-refractivity contribution in [3.05, 3.63) is 46.4 Å². The first-order chi connectivity index (χ1) is 9.93. The molecule has 2 rings (SSSR count). The second kappa shape index (κ2) is 5.91. The predicted octanol–water partition coefficient (Wildman–Crippen LogP) is 2.73. The summed E-state index contributed by atoms with van der Waals surface area (Å²) in [7, 11) is 1.57. The molecule has 1 aromatic heterocycles. The molecule has 3 N–H and O–H groups in total. The van der Waals surface area contributed by atoms with Crippen LogP contribution in [0.3, 0.4) is 0 Å². The molecule has 0 spiro atoms. The van der Waals surface area contributed by atoms with Gasteiger partial charge in [-0.2, -0.15) is 0 Å². The van der Waals surface area contributed by atoms with Gasteiger partial charge in [0.1, 0.15) is 17.3 Å². The third-order valence-electron chi connectivity index (χ3n) is 3.54. The zero-order chi connectivity index (χ0) is 15.6. The Balaban J connectivity index is 2.09. The highest BCUT2D eigenvalue weighted by molar-refractivity contribution is 5.96. The Labute approximate surface area is 124 Å². The Morgan fingerprint density at radius 3 is 2.52 bits per heavy atom. The molecule has 1 aromatic carbocycles. The van der Waals surface area contributed by atoms with Gasteiger partial charge in [0.2, 0.25) is 0 Å². The number of hydrogen-bond acceptors (Lipinski definition) is 4. The third kappa shape index (κ3) is 3.02. The van der Waals surface area contributed by atoms with Crippen LogP contribution in [0.5, 0.6) is 5.75 Å². The fourth-order valence-electron chi connectivity index (χ4n) is 2.29. The van der Waals surface area contributed by atoms with Gasteiger partial charge in [0.15, 0.2) is 0 Å². The van der Waals surface area contributed by atoms with E-state index in [4.69, 9.17) is 14.9 Å². The van der Waals surface area contributed by atoms with Crippen LogP contribution < -0.4 is 15.8 Å². The monoisotopic (exact) mass is 288 g/mol. The second-order valence-corrected chi connectivity index (χ2v) is 4.97. The fraction of sp³-hybridized carbons (Fsp3) is 0.312. The minimum atomic E-state index is -0.142. The molecule has 2 aromatic rings. The summed E-state index contributed by atoms with van der Waals surface area (Å²) < 4.78 is 10.6. The molecule has 0 aliphatic carbocycles. The zero-order valence-corrected chi connectivity index (χ0v) is 12.7. The summed E-state index contributed by atoms with van der Waals surface area (Å²) in [6, 6.07) is 5.45. The van der Waals surface area contributed by atoms with E-state index in [9.17, 15) is 4.79 Å². The molecule has 5 nitrogen and oxygen atoms in total. The number of anilines is 1. The second-order valence-electron chi connectivity index (χ2n) is 4.97. The molecule has 0 aliphatic rings. The molecule has 1 heterocycles. The molecular formula is C16H20N2O3. The summed E-state index contributed by atoms with van der Waals surface area (Å²) in [5, 5.41) is 2.88. The van der Waals surface area contributed by atoms with Gasteiger partial charge in [-0.25, -0.2) is 0 Å². The van der Waals surface area contributed by atoms with Crippen molar-refractivity contribution in [1.82, 2.24) is 5.32 Å². The normalized spacial score (nSPS) is 10.5. The van der Waals surface area contributed by atoms with Crippen molar-refractivity contribution in [2.45, 2.75) is 27.3 Å². The molecule has 0 unspecified atom stereocenters. The molecule has 0 atom stereocenters. The minimum Gasteiger partial charge on any atom is -0.495 e. The van der Waals surface area contributed by atoms with Crippen molar-refractivity contribution in [3.63, 3.8) is 0 Å². The highest BCUT2D eigenvalue weighted by Crippen LogP contribution is 2.23. The highest BCUT2D eigenvalue weighted by atomic mass is 16.5. The first kappa shape index (κ1) is 15.0. The van der Waals surface area contributed by atoms with Gasteiger partial charge in [0.05, 0.1) is 18.4 Å². The zero-order valence-electron chi connectivity index (χ0n) is 12.7. The summed E-state index contributed by atoms with van der Waals surface area (Å²) in [4.78, 5) is 12.3. The lowest BCUT2D eigenvalue weighted by Crippen LogP contribution is -2.23. The number of hydrogen-bond donors (Lipinski definition) is 2. The fourth-order valence-corrected chi connectivity index (χ4v) is 2.29. The molecule has 1 amide bonds. The number of nitrogen functional groups attached to an aromatic ring is 1. The van der Waals surface area contributed by atoms with Crippen LogP contribution in [0, 0.1) is 20.8 Å². The molecule has 112 valence electrons. The molecule has 0 saturated heterocycles. The van der Waals surface area contributed by atoms with Gasteiger partial charge >= 0.3 is 0 Å². The van der Waals surface area contributed by atoms with Gasteiger partial charge in [0.25, 0.3) is 5.91 Å². The van der Waals surface area contributed by atoms with Crippen molar-refractivity contribution in [2.24, 2.45) is 0 Å². The summed E-state index contributed by atoms with van der Waals surface area (Å²) in [6.07, 6.45) is 0. The van der Waals surface area contributed by atoms with Crippen molar-refractivity contribution >= 4 is 11.6 Å². The molecular weight excluding hydrogens is 268 g/mol. The summed E-state index contributed by atoms with van der Waals surface area (Å²) in [5.41, 5.74) is 8.79. The van der Waals surface area contributed by atoms with Gasteiger partial charge < -0.3 is 20.2 Å². The van der Waals surface area contributed by atoms with E-state index in [2.05, 4.69) is 5.32 Å². The number of furan rings is 1. The number of benzene rings is 1. The standard InChI is InChI=1S/C16H20N2O3/c1-9-10(2)21-11(3)15(9)16(19)18-8-12-5-6-14(20-4)13(17)7-12/h5-7H,8,17H2,1-4H3,(H,18,19). The van der Waals surface area contributed by atoms with Gasteiger partial charge in [-0.1, -0.05) is 6.07 Å². The van der Waals surface area contributed by atoms with Crippen LogP contribution in [-0.4, -0.2) is 13.0 Å². The number of carbonyl (C=O) groups is 1. The van der Waals surface area contributed by atoms with Crippen LogP contribution in [-0.2, 0) is 6.54 Å². The molecule has 0 bridgehead atoms. The van der Waals surface area contributed by atoms with Crippen LogP contribution in [0.2, 0.25) is 0 Å². The number of nitrogens with two attached hydrogens (primary N) is 1. The maximum absolute atomic E-state index is 12.3. The van der Waals surface area contributed by atoms with E-state index < -0.39 is 0 Å². The highest BCUT2D eigenvalue weighted by Gasteiger charge is 2.18. The third-order valence-corrected chi connectivity index (χ3v) is 3.54. The lowest BCUT2D eigenvalue weighted by molar-refractivity contribution is 0.0949. The van der Waals surface area contributed by atoms with E-state index in [1.807, 2.05) is 19.9 Å². The molecule has 0 aliphatic heterocycles. The smallest absolute Gasteiger partial charge is 0.255 e. The van der Waals surface area contributed by atoms with E-state index in [0.717, 1.165) is 16.9 Å². The lowest BCUT2D eigenvalue weighted by atomic mass is 10.1. The van der Waals surface area contributed by atoms with Gasteiger partial charge in [-0.3, -0.25) is 4.79 Å². The average molecular weight is 288 g/mol. The van der Waals surface area contributed by atoms with E-state index >= 15 is 0 Å². The van der Waals surface area contributed by atoms with E-state index in [1.54, 1.807) is 26.2 Å². The number of carbonyl (C=O) groups excluding carboxylic acids is 1. The van der Waals surface area contributed by atoms with Crippen LogP contribution in [0.25, 0.3) is 0 Å². The quantitative estimate of drug-likeness (QED) is 0.848. The van der Waals surface area contributed by atoms with Crippen molar-refractivity contribution in [2.75, 3.05) is 12.8 Å².